The third-order valence-electron chi connectivity index (χ3n) is 4.13. The van der Waals surface area contributed by atoms with E-state index in [0.29, 0.717) is 11.4 Å². The van der Waals surface area contributed by atoms with E-state index in [1.807, 2.05) is 27.7 Å². The van der Waals surface area contributed by atoms with Gasteiger partial charge in [-0.3, -0.25) is 4.79 Å². The maximum atomic E-state index is 12.5. The van der Waals surface area contributed by atoms with Crippen LogP contribution in [0.4, 0.5) is 0 Å². The molecule has 0 radical (unpaired) electrons. The second-order valence-electron chi connectivity index (χ2n) is 6.32. The lowest BCUT2D eigenvalue weighted by Gasteiger charge is -2.21. The molecule has 0 spiro atoms. The Bertz CT molecular complexity index is 872. The fourth-order valence-electron chi connectivity index (χ4n) is 2.30. The number of hydrogen-bond acceptors (Lipinski definition) is 5. The highest BCUT2D eigenvalue weighted by molar-refractivity contribution is 7.89. The molecule has 0 atom stereocenters. The molecule has 8 heteroatoms. The Balaban J connectivity index is 2.05. The summed E-state index contributed by atoms with van der Waals surface area (Å²) in [5.41, 5.74) is 1.57. The number of hydrogen-bond donors (Lipinski definition) is 1. The van der Waals surface area contributed by atoms with Crippen LogP contribution in [0.2, 0.25) is 0 Å². The number of nitrogens with zero attached hydrogens (tertiary/aromatic N) is 2. The molecule has 1 heterocycles. The van der Waals surface area contributed by atoms with Crippen LogP contribution >= 0.6 is 11.3 Å². The van der Waals surface area contributed by atoms with Crippen LogP contribution in [0.15, 0.2) is 29.2 Å². The zero-order valence-electron chi connectivity index (χ0n) is 15.7. The number of aromatic nitrogens is 1. The van der Waals surface area contributed by atoms with Gasteiger partial charge in [0, 0.05) is 19.6 Å². The standard InChI is InChI=1S/C18H25N3O3S2/c1-6-16-20-13(4)17(25-16)18(22)19-11-14-7-9-15(10-8-14)26(23,24)21(5)12(2)3/h7-10,12H,6,11H2,1-5H3,(H,19,22). The van der Waals surface area contributed by atoms with Crippen molar-refractivity contribution in [1.29, 1.82) is 0 Å². The summed E-state index contributed by atoms with van der Waals surface area (Å²) in [6, 6.07) is 6.47. The van der Waals surface area contributed by atoms with Gasteiger partial charge in [-0.1, -0.05) is 19.1 Å². The van der Waals surface area contributed by atoms with E-state index >= 15 is 0 Å². The van der Waals surface area contributed by atoms with E-state index in [4.69, 9.17) is 0 Å². The third-order valence-corrected chi connectivity index (χ3v) is 7.48. The van der Waals surface area contributed by atoms with Crippen LogP contribution in [-0.2, 0) is 23.0 Å². The number of aryl methyl sites for hydroxylation is 2. The lowest BCUT2D eigenvalue weighted by molar-refractivity contribution is 0.0954. The van der Waals surface area contributed by atoms with Gasteiger partial charge in [-0.2, -0.15) is 4.31 Å². The monoisotopic (exact) mass is 395 g/mol. The molecule has 1 aromatic heterocycles. The summed E-state index contributed by atoms with van der Waals surface area (Å²) in [6.45, 7) is 7.82. The van der Waals surface area contributed by atoms with E-state index in [2.05, 4.69) is 10.3 Å². The topological polar surface area (TPSA) is 79.4 Å². The van der Waals surface area contributed by atoms with Crippen LogP contribution in [0.3, 0.4) is 0 Å². The summed E-state index contributed by atoms with van der Waals surface area (Å²) in [7, 11) is -1.93. The fraction of sp³-hybridized carbons (Fsp3) is 0.444. The van der Waals surface area contributed by atoms with E-state index in [1.54, 1.807) is 31.3 Å². The highest BCUT2D eigenvalue weighted by Crippen LogP contribution is 2.19. The van der Waals surface area contributed by atoms with Gasteiger partial charge in [0.1, 0.15) is 4.88 Å². The van der Waals surface area contributed by atoms with Crippen molar-refractivity contribution >= 4 is 27.3 Å². The van der Waals surface area contributed by atoms with Gasteiger partial charge in [0.05, 0.1) is 15.6 Å². The normalized spacial score (nSPS) is 12.0. The Kier molecular flexibility index (Phi) is 6.54. The molecule has 2 rings (SSSR count). The molecule has 1 aromatic carbocycles. The van der Waals surface area contributed by atoms with Gasteiger partial charge < -0.3 is 5.32 Å². The lowest BCUT2D eigenvalue weighted by Crippen LogP contribution is -2.33. The molecule has 142 valence electrons. The van der Waals surface area contributed by atoms with Crippen LogP contribution < -0.4 is 5.32 Å². The quantitative estimate of drug-likeness (QED) is 0.782. The number of carbonyl (C=O) groups is 1. The summed E-state index contributed by atoms with van der Waals surface area (Å²) in [4.78, 5) is 17.5. The number of rotatable bonds is 7. The molecule has 6 nitrogen and oxygen atoms in total. The zero-order valence-corrected chi connectivity index (χ0v) is 17.4. The molecule has 0 unspecified atom stereocenters. The van der Waals surface area contributed by atoms with Crippen LogP contribution in [-0.4, -0.2) is 36.7 Å². The summed E-state index contributed by atoms with van der Waals surface area (Å²) in [6.07, 6.45) is 0.805. The number of thiazole rings is 1. The van der Waals surface area contributed by atoms with Gasteiger partial charge in [0.2, 0.25) is 10.0 Å². The SMILES string of the molecule is CCc1nc(C)c(C(=O)NCc2ccc(S(=O)(=O)N(C)C(C)C)cc2)s1. The number of benzene rings is 1. The second kappa shape index (κ2) is 8.28. The van der Waals surface area contributed by atoms with Crippen LogP contribution in [0.1, 0.15) is 46.7 Å². The lowest BCUT2D eigenvalue weighted by atomic mass is 10.2. The van der Waals surface area contributed by atoms with Gasteiger partial charge in [-0.05, 0) is 44.9 Å². The van der Waals surface area contributed by atoms with Gasteiger partial charge in [-0.25, -0.2) is 13.4 Å². The van der Waals surface area contributed by atoms with Gasteiger partial charge in [0.15, 0.2) is 0 Å². The smallest absolute Gasteiger partial charge is 0.263 e. The average Bonchev–Trinajstić information content (AvgIpc) is 3.00. The minimum Gasteiger partial charge on any atom is -0.347 e. The van der Waals surface area contributed by atoms with E-state index < -0.39 is 10.0 Å². The predicted molar refractivity (Wildman–Crippen MR) is 104 cm³/mol. The first-order valence-electron chi connectivity index (χ1n) is 8.48. The molecule has 26 heavy (non-hydrogen) atoms. The van der Waals surface area contributed by atoms with Gasteiger partial charge in [-0.15, -0.1) is 11.3 Å². The molecule has 0 aliphatic carbocycles. The number of sulfonamides is 1. The van der Waals surface area contributed by atoms with E-state index in [9.17, 15) is 13.2 Å². The predicted octanol–water partition coefficient (Wildman–Crippen LogP) is 2.97. The van der Waals surface area contributed by atoms with Gasteiger partial charge >= 0.3 is 0 Å². The molecule has 0 bridgehead atoms. The Morgan fingerprint density at radius 2 is 1.88 bits per heavy atom. The fourth-order valence-corrected chi connectivity index (χ4v) is 4.59. The van der Waals surface area contributed by atoms with E-state index in [1.165, 1.54) is 15.6 Å². The van der Waals surface area contributed by atoms with Crippen LogP contribution in [0.5, 0.6) is 0 Å². The highest BCUT2D eigenvalue weighted by Gasteiger charge is 2.22. The number of amides is 1. The first-order chi connectivity index (χ1) is 12.2. The molecule has 2 aromatic rings. The Morgan fingerprint density at radius 3 is 2.38 bits per heavy atom. The largest absolute Gasteiger partial charge is 0.347 e. The van der Waals surface area contributed by atoms with E-state index in [-0.39, 0.29) is 16.8 Å². The van der Waals surface area contributed by atoms with Crippen molar-refractivity contribution in [2.24, 2.45) is 0 Å². The highest BCUT2D eigenvalue weighted by atomic mass is 32.2. The van der Waals surface area contributed by atoms with Crippen molar-refractivity contribution < 1.29 is 13.2 Å². The first kappa shape index (κ1) is 20.5. The maximum absolute atomic E-state index is 12.5. The Hall–Kier alpha value is -1.77. The molecule has 0 saturated carbocycles. The molecular weight excluding hydrogens is 370 g/mol. The van der Waals surface area contributed by atoms with Crippen molar-refractivity contribution in [3.8, 4) is 0 Å². The molecule has 0 aliphatic rings. The van der Waals surface area contributed by atoms with Crippen molar-refractivity contribution in [1.82, 2.24) is 14.6 Å². The van der Waals surface area contributed by atoms with E-state index in [0.717, 1.165) is 22.7 Å². The first-order valence-corrected chi connectivity index (χ1v) is 10.7. The Labute approximate surface area is 159 Å². The molecule has 1 amide bonds. The van der Waals surface area contributed by atoms with Crippen molar-refractivity contribution in [3.05, 3.63) is 45.4 Å². The molecule has 0 aliphatic heterocycles. The summed E-state index contributed by atoms with van der Waals surface area (Å²) in [5, 5.41) is 3.81. The van der Waals surface area contributed by atoms with Crippen molar-refractivity contribution in [3.63, 3.8) is 0 Å². The maximum Gasteiger partial charge on any atom is 0.263 e. The minimum absolute atomic E-state index is 0.116. The van der Waals surface area contributed by atoms with Crippen LogP contribution in [0.25, 0.3) is 0 Å². The Morgan fingerprint density at radius 1 is 1.27 bits per heavy atom. The van der Waals surface area contributed by atoms with Gasteiger partial charge in [0.25, 0.3) is 5.91 Å². The number of nitrogens with one attached hydrogen (secondary N) is 1. The summed E-state index contributed by atoms with van der Waals surface area (Å²) in [5.74, 6) is -0.157. The molecule has 0 fully saturated rings. The summed E-state index contributed by atoms with van der Waals surface area (Å²) >= 11 is 1.41. The number of carbonyl (C=O) groups excluding carboxylic acids is 1. The average molecular weight is 396 g/mol. The van der Waals surface area contributed by atoms with Crippen LogP contribution in [0, 0.1) is 6.92 Å². The molecule has 0 saturated heterocycles. The third kappa shape index (κ3) is 4.49. The van der Waals surface area contributed by atoms with Crippen molar-refractivity contribution in [2.45, 2.75) is 51.6 Å². The van der Waals surface area contributed by atoms with Crippen molar-refractivity contribution in [2.75, 3.05) is 7.05 Å². The second-order valence-corrected chi connectivity index (χ2v) is 9.40. The zero-order chi connectivity index (χ0) is 19.5. The molecular formula is C18H25N3O3S2. The summed E-state index contributed by atoms with van der Waals surface area (Å²) < 4.78 is 26.2. The molecule has 1 N–H and O–H groups in total. The minimum atomic E-state index is -3.50.